The number of amides is 1. The molecule has 2 aromatic carbocycles. The van der Waals surface area contributed by atoms with Gasteiger partial charge < -0.3 is 14.9 Å². The van der Waals surface area contributed by atoms with E-state index in [0.717, 1.165) is 0 Å². The third kappa shape index (κ3) is 3.78. The summed E-state index contributed by atoms with van der Waals surface area (Å²) in [5.41, 5.74) is 1.30. The molecule has 7 heteroatoms. The minimum absolute atomic E-state index is 0.00941. The lowest BCUT2D eigenvalue weighted by Gasteiger charge is -2.27. The molecule has 2 aromatic rings. The van der Waals surface area contributed by atoms with Crippen LogP contribution in [0.2, 0.25) is 0 Å². The van der Waals surface area contributed by atoms with Gasteiger partial charge in [-0.3, -0.25) is 14.5 Å². The Hall–Kier alpha value is -3.61. The van der Waals surface area contributed by atoms with Crippen LogP contribution in [0.3, 0.4) is 0 Å². The molecule has 0 saturated heterocycles. The largest absolute Gasteiger partial charge is 0.508 e. The Morgan fingerprint density at radius 3 is 2.17 bits per heavy atom. The zero-order valence-electron chi connectivity index (χ0n) is 17.0. The van der Waals surface area contributed by atoms with Gasteiger partial charge in [0.05, 0.1) is 23.8 Å². The first-order chi connectivity index (χ1) is 14.3. The molecule has 0 spiro atoms. The fourth-order valence-electron chi connectivity index (χ4n) is 3.38. The van der Waals surface area contributed by atoms with E-state index in [9.17, 15) is 24.6 Å². The van der Waals surface area contributed by atoms with Crippen molar-refractivity contribution in [1.29, 1.82) is 0 Å². The summed E-state index contributed by atoms with van der Waals surface area (Å²) in [6, 6.07) is 11.4. The number of ketones is 1. The highest BCUT2D eigenvalue weighted by Crippen LogP contribution is 2.42. The summed E-state index contributed by atoms with van der Waals surface area (Å²) in [6.45, 7) is 5.33. The van der Waals surface area contributed by atoms with Gasteiger partial charge in [0.1, 0.15) is 5.75 Å². The first-order valence-corrected chi connectivity index (χ1v) is 9.63. The molecule has 1 heterocycles. The third-order valence-electron chi connectivity index (χ3n) is 4.86. The van der Waals surface area contributed by atoms with Crippen LogP contribution in [0, 0.1) is 5.92 Å². The maximum Gasteiger partial charge on any atom is 0.338 e. The number of esters is 1. The van der Waals surface area contributed by atoms with Crippen LogP contribution in [0.4, 0.5) is 5.69 Å². The van der Waals surface area contributed by atoms with E-state index in [0.29, 0.717) is 16.8 Å². The van der Waals surface area contributed by atoms with E-state index in [1.165, 1.54) is 29.2 Å². The lowest BCUT2D eigenvalue weighted by Crippen LogP contribution is -2.31. The summed E-state index contributed by atoms with van der Waals surface area (Å²) < 4.78 is 4.97. The van der Waals surface area contributed by atoms with Crippen molar-refractivity contribution in [2.24, 2.45) is 5.92 Å². The Bertz CT molecular complexity index is 1000. The molecule has 156 valence electrons. The van der Waals surface area contributed by atoms with E-state index >= 15 is 0 Å². The van der Waals surface area contributed by atoms with Crippen molar-refractivity contribution >= 4 is 23.3 Å². The lowest BCUT2D eigenvalue weighted by atomic mass is 9.91. The number of anilines is 1. The van der Waals surface area contributed by atoms with Gasteiger partial charge in [-0.15, -0.1) is 0 Å². The first-order valence-electron chi connectivity index (χ1n) is 9.63. The van der Waals surface area contributed by atoms with Crippen LogP contribution >= 0.6 is 0 Å². The number of benzene rings is 2. The standard InChI is InChI=1S/C23H23NO6/c1-4-30-23(29)15-5-9-16(10-6-15)24-19(14-7-11-17(25)12-8-14)18(20(26)13(2)3)21(27)22(24)28/h5-13,19,25,27H,4H2,1-3H3. The van der Waals surface area contributed by atoms with Crippen molar-refractivity contribution in [3.63, 3.8) is 0 Å². The van der Waals surface area contributed by atoms with Crippen molar-refractivity contribution in [2.75, 3.05) is 11.5 Å². The van der Waals surface area contributed by atoms with Gasteiger partial charge in [0.15, 0.2) is 11.5 Å². The molecular weight excluding hydrogens is 386 g/mol. The van der Waals surface area contributed by atoms with Crippen LogP contribution in [0.1, 0.15) is 42.7 Å². The zero-order chi connectivity index (χ0) is 22.0. The maximum atomic E-state index is 12.9. The van der Waals surface area contributed by atoms with E-state index in [4.69, 9.17) is 4.74 Å². The molecule has 0 fully saturated rings. The Morgan fingerprint density at radius 1 is 1.03 bits per heavy atom. The number of Topliss-reactive ketones (excluding diaryl/α,β-unsaturated/α-hetero) is 1. The predicted octanol–water partition coefficient (Wildman–Crippen LogP) is 3.69. The average Bonchev–Trinajstić information content (AvgIpc) is 2.99. The number of aliphatic hydroxyl groups is 1. The van der Waals surface area contributed by atoms with Gasteiger partial charge in [-0.25, -0.2) is 4.79 Å². The molecule has 0 aromatic heterocycles. The second-order valence-corrected chi connectivity index (χ2v) is 7.22. The van der Waals surface area contributed by atoms with Crippen molar-refractivity contribution in [3.05, 3.63) is 71.0 Å². The summed E-state index contributed by atoms with van der Waals surface area (Å²) in [7, 11) is 0. The molecule has 1 aliphatic heterocycles. The number of phenolic OH excluding ortho intramolecular Hbond substituents is 1. The van der Waals surface area contributed by atoms with Crippen LogP contribution in [0.15, 0.2) is 59.9 Å². The predicted molar refractivity (Wildman–Crippen MR) is 110 cm³/mol. The number of rotatable bonds is 6. The Balaban J connectivity index is 2.08. The van der Waals surface area contributed by atoms with Gasteiger partial charge in [-0.1, -0.05) is 26.0 Å². The van der Waals surface area contributed by atoms with Gasteiger partial charge in [-0.05, 0) is 48.9 Å². The number of aliphatic hydroxyl groups excluding tert-OH is 1. The van der Waals surface area contributed by atoms with Crippen molar-refractivity contribution in [3.8, 4) is 5.75 Å². The average molecular weight is 409 g/mol. The van der Waals surface area contributed by atoms with Gasteiger partial charge in [0, 0.05) is 11.6 Å². The quantitative estimate of drug-likeness (QED) is 0.705. The highest BCUT2D eigenvalue weighted by molar-refractivity contribution is 6.16. The summed E-state index contributed by atoms with van der Waals surface area (Å²) in [5.74, 6) is -2.52. The van der Waals surface area contributed by atoms with E-state index in [2.05, 4.69) is 0 Å². The number of phenols is 1. The first kappa shape index (κ1) is 21.1. The highest BCUT2D eigenvalue weighted by Gasteiger charge is 2.44. The SMILES string of the molecule is CCOC(=O)c1ccc(N2C(=O)C(O)=C(C(=O)C(C)C)C2c2ccc(O)cc2)cc1. The monoisotopic (exact) mass is 409 g/mol. The number of hydrogen-bond acceptors (Lipinski definition) is 6. The van der Waals surface area contributed by atoms with Gasteiger partial charge in [-0.2, -0.15) is 0 Å². The smallest absolute Gasteiger partial charge is 0.338 e. The molecule has 1 aliphatic rings. The topological polar surface area (TPSA) is 104 Å². The third-order valence-corrected chi connectivity index (χ3v) is 4.86. The van der Waals surface area contributed by atoms with Crippen molar-refractivity contribution in [1.82, 2.24) is 0 Å². The molecule has 0 aliphatic carbocycles. The number of carbonyl (C=O) groups excluding carboxylic acids is 3. The van der Waals surface area contributed by atoms with Crippen LogP contribution in [0.25, 0.3) is 0 Å². The number of ether oxygens (including phenoxy) is 1. The summed E-state index contributed by atoms with van der Waals surface area (Å²) in [5, 5.41) is 20.2. The molecule has 0 radical (unpaired) electrons. The lowest BCUT2D eigenvalue weighted by molar-refractivity contribution is -0.119. The molecule has 1 atom stereocenters. The van der Waals surface area contributed by atoms with E-state index < -0.39 is 29.6 Å². The van der Waals surface area contributed by atoms with Gasteiger partial charge in [0.2, 0.25) is 0 Å². The number of carbonyl (C=O) groups is 3. The fraction of sp³-hybridized carbons (Fsp3) is 0.261. The molecular formula is C23H23NO6. The molecule has 2 N–H and O–H groups in total. The van der Waals surface area contributed by atoms with Crippen LogP contribution in [-0.4, -0.2) is 34.5 Å². The normalized spacial score (nSPS) is 16.3. The minimum atomic E-state index is -0.860. The minimum Gasteiger partial charge on any atom is -0.508 e. The van der Waals surface area contributed by atoms with Crippen LogP contribution in [0.5, 0.6) is 5.75 Å². The highest BCUT2D eigenvalue weighted by atomic mass is 16.5. The number of hydrogen-bond donors (Lipinski definition) is 2. The van der Waals surface area contributed by atoms with Crippen LogP contribution in [-0.2, 0) is 14.3 Å². The molecule has 0 bridgehead atoms. The summed E-state index contributed by atoms with van der Waals surface area (Å²) >= 11 is 0. The van der Waals surface area contributed by atoms with E-state index in [1.54, 1.807) is 45.0 Å². The number of aromatic hydroxyl groups is 1. The molecule has 3 rings (SSSR count). The van der Waals surface area contributed by atoms with Crippen molar-refractivity contribution in [2.45, 2.75) is 26.8 Å². The second kappa shape index (κ2) is 8.41. The second-order valence-electron chi connectivity index (χ2n) is 7.22. The Morgan fingerprint density at radius 2 is 1.63 bits per heavy atom. The van der Waals surface area contributed by atoms with E-state index in [1.807, 2.05) is 0 Å². The zero-order valence-corrected chi connectivity index (χ0v) is 17.0. The summed E-state index contributed by atoms with van der Waals surface area (Å²) in [4.78, 5) is 39.0. The fourth-order valence-corrected chi connectivity index (χ4v) is 3.38. The maximum absolute atomic E-state index is 12.9. The van der Waals surface area contributed by atoms with Gasteiger partial charge >= 0.3 is 5.97 Å². The summed E-state index contributed by atoms with van der Waals surface area (Å²) in [6.07, 6.45) is 0. The van der Waals surface area contributed by atoms with E-state index in [-0.39, 0.29) is 23.7 Å². The molecule has 1 unspecified atom stereocenters. The molecule has 0 saturated carbocycles. The molecule has 1 amide bonds. The Labute approximate surface area is 174 Å². The number of nitrogens with zero attached hydrogens (tertiary/aromatic N) is 1. The molecule has 30 heavy (non-hydrogen) atoms. The van der Waals surface area contributed by atoms with Crippen molar-refractivity contribution < 1.29 is 29.3 Å². The Kier molecular flexibility index (Phi) is 5.91. The molecule has 7 nitrogen and oxygen atoms in total. The van der Waals surface area contributed by atoms with Crippen LogP contribution < -0.4 is 4.90 Å². The van der Waals surface area contributed by atoms with Gasteiger partial charge in [0.25, 0.3) is 5.91 Å².